The molecule has 0 aromatic heterocycles. The summed E-state index contributed by atoms with van der Waals surface area (Å²) in [5.41, 5.74) is 1.23. The van der Waals surface area contributed by atoms with E-state index in [1.54, 1.807) is 0 Å². The predicted octanol–water partition coefficient (Wildman–Crippen LogP) is 2.00. The monoisotopic (exact) mass is 209 g/mol. The molecule has 1 heterocycles. The lowest BCUT2D eigenvalue weighted by Crippen LogP contribution is -2.06. The van der Waals surface area contributed by atoms with Crippen LogP contribution >= 0.6 is 11.8 Å². The predicted molar refractivity (Wildman–Crippen MR) is 53.1 cm³/mol. The molecule has 4 heteroatoms. The largest absolute Gasteiger partial charge is 0.469 e. The topological polar surface area (TPSA) is 29.5 Å². The molecule has 0 fully saturated rings. The van der Waals surface area contributed by atoms with Crippen LogP contribution in [0, 0.1) is 0 Å². The Hall–Kier alpha value is -1.48. The van der Waals surface area contributed by atoms with Gasteiger partial charge < -0.3 is 4.74 Å². The van der Waals surface area contributed by atoms with Crippen molar-refractivity contribution in [1.82, 2.24) is 4.42 Å². The van der Waals surface area contributed by atoms with Gasteiger partial charge in [-0.25, -0.2) is 4.42 Å². The zero-order chi connectivity index (χ0) is 9.97. The van der Waals surface area contributed by atoms with E-state index in [2.05, 4.69) is 0 Å². The maximum Gasteiger partial charge on any atom is 0.176 e. The highest BCUT2D eigenvalue weighted by molar-refractivity contribution is 6.17. The Labute approximate surface area is 86.6 Å². The molecule has 1 aliphatic heterocycles. The van der Waals surface area contributed by atoms with Gasteiger partial charge in [0.15, 0.2) is 18.8 Å². The molecule has 1 aromatic rings. The molecular weight excluding hydrogens is 202 g/mol. The Bertz CT molecular complexity index is 375. The SMILES string of the molecule is O=CC1=C(c2ccccc2)OCN1Cl. The van der Waals surface area contributed by atoms with E-state index in [9.17, 15) is 4.79 Å². The van der Waals surface area contributed by atoms with Gasteiger partial charge in [0.2, 0.25) is 0 Å². The van der Waals surface area contributed by atoms with Crippen molar-refractivity contribution in [2.24, 2.45) is 0 Å². The summed E-state index contributed by atoms with van der Waals surface area (Å²) in [6.45, 7) is 0.208. The van der Waals surface area contributed by atoms with Gasteiger partial charge in [-0.15, -0.1) is 0 Å². The van der Waals surface area contributed by atoms with Gasteiger partial charge in [-0.05, 0) is 0 Å². The highest BCUT2D eigenvalue weighted by Crippen LogP contribution is 2.28. The molecule has 0 radical (unpaired) electrons. The van der Waals surface area contributed by atoms with Gasteiger partial charge in [0, 0.05) is 17.3 Å². The highest BCUT2D eigenvalue weighted by Gasteiger charge is 2.23. The fourth-order valence-corrected chi connectivity index (χ4v) is 1.47. The minimum absolute atomic E-state index is 0.208. The van der Waals surface area contributed by atoms with E-state index < -0.39 is 0 Å². The molecule has 72 valence electrons. The fourth-order valence-electron chi connectivity index (χ4n) is 1.31. The van der Waals surface area contributed by atoms with Gasteiger partial charge in [0.25, 0.3) is 0 Å². The molecule has 0 bridgehead atoms. The third kappa shape index (κ3) is 1.46. The normalized spacial score (nSPS) is 15.6. The smallest absolute Gasteiger partial charge is 0.176 e. The Morgan fingerprint density at radius 3 is 2.71 bits per heavy atom. The molecular formula is C10H8ClNO2. The van der Waals surface area contributed by atoms with Crippen molar-refractivity contribution in [2.45, 2.75) is 0 Å². The molecule has 1 aliphatic rings. The van der Waals surface area contributed by atoms with Crippen molar-refractivity contribution < 1.29 is 9.53 Å². The molecule has 0 saturated heterocycles. The van der Waals surface area contributed by atoms with Crippen LogP contribution in [0.25, 0.3) is 5.76 Å². The fraction of sp³-hybridized carbons (Fsp3) is 0.100. The van der Waals surface area contributed by atoms with Crippen molar-refractivity contribution >= 4 is 23.8 Å². The number of rotatable bonds is 2. The van der Waals surface area contributed by atoms with Crippen LogP contribution in [0.3, 0.4) is 0 Å². The summed E-state index contributed by atoms with van der Waals surface area (Å²) in [6.07, 6.45) is 0.697. The van der Waals surface area contributed by atoms with E-state index in [0.29, 0.717) is 17.7 Å². The number of allylic oxidation sites excluding steroid dienone is 1. The number of hydrogen-bond donors (Lipinski definition) is 0. The van der Waals surface area contributed by atoms with Crippen LogP contribution in [0.15, 0.2) is 36.0 Å². The van der Waals surface area contributed by atoms with Crippen LogP contribution in [0.5, 0.6) is 0 Å². The average molecular weight is 210 g/mol. The van der Waals surface area contributed by atoms with E-state index in [-0.39, 0.29) is 6.73 Å². The number of ether oxygens (including phenoxy) is 1. The maximum atomic E-state index is 10.7. The zero-order valence-corrected chi connectivity index (χ0v) is 8.07. The minimum Gasteiger partial charge on any atom is -0.469 e. The standard InChI is InChI=1S/C10H8ClNO2/c11-12-7-14-10(9(12)6-13)8-4-2-1-3-5-8/h1-6H,7H2. The number of aldehydes is 1. The van der Waals surface area contributed by atoms with E-state index in [4.69, 9.17) is 16.5 Å². The Morgan fingerprint density at radius 2 is 2.07 bits per heavy atom. The summed E-state index contributed by atoms with van der Waals surface area (Å²) in [7, 11) is 0. The minimum atomic E-state index is 0.208. The highest BCUT2D eigenvalue weighted by atomic mass is 35.5. The maximum absolute atomic E-state index is 10.7. The molecule has 0 atom stereocenters. The first kappa shape index (κ1) is 9.09. The van der Waals surface area contributed by atoms with Crippen molar-refractivity contribution in [3.05, 3.63) is 41.6 Å². The quantitative estimate of drug-likeness (QED) is 0.551. The first-order valence-corrected chi connectivity index (χ1v) is 4.47. The molecule has 0 unspecified atom stereocenters. The molecule has 3 nitrogen and oxygen atoms in total. The molecule has 14 heavy (non-hydrogen) atoms. The van der Waals surface area contributed by atoms with Crippen LogP contribution in [0.2, 0.25) is 0 Å². The molecule has 0 saturated carbocycles. The molecule has 0 aliphatic carbocycles. The number of benzene rings is 1. The van der Waals surface area contributed by atoms with E-state index >= 15 is 0 Å². The van der Waals surface area contributed by atoms with Crippen LogP contribution in [-0.2, 0) is 9.53 Å². The second kappa shape index (κ2) is 3.72. The van der Waals surface area contributed by atoms with Crippen molar-refractivity contribution in [2.75, 3.05) is 6.73 Å². The summed E-state index contributed by atoms with van der Waals surface area (Å²) >= 11 is 5.74. The van der Waals surface area contributed by atoms with Crippen molar-refractivity contribution in [3.8, 4) is 0 Å². The number of hydrogen-bond acceptors (Lipinski definition) is 3. The van der Waals surface area contributed by atoms with Crippen LogP contribution in [0.4, 0.5) is 0 Å². The van der Waals surface area contributed by atoms with Crippen molar-refractivity contribution in [1.29, 1.82) is 0 Å². The van der Waals surface area contributed by atoms with Gasteiger partial charge in [0.05, 0.1) is 0 Å². The summed E-state index contributed by atoms with van der Waals surface area (Å²) < 4.78 is 6.56. The summed E-state index contributed by atoms with van der Waals surface area (Å²) in [5, 5.41) is 0. The van der Waals surface area contributed by atoms with Gasteiger partial charge >= 0.3 is 0 Å². The Kier molecular flexibility index (Phi) is 2.41. The summed E-state index contributed by atoms with van der Waals surface area (Å²) in [6, 6.07) is 9.40. The first-order chi connectivity index (χ1) is 6.83. The molecule has 0 spiro atoms. The average Bonchev–Trinajstić information content (AvgIpc) is 2.61. The third-order valence-corrected chi connectivity index (χ3v) is 2.24. The number of halogens is 1. The summed E-state index contributed by atoms with van der Waals surface area (Å²) in [5.74, 6) is 0.538. The van der Waals surface area contributed by atoms with Gasteiger partial charge in [-0.1, -0.05) is 30.3 Å². The Morgan fingerprint density at radius 1 is 1.36 bits per heavy atom. The number of nitrogens with zero attached hydrogens (tertiary/aromatic N) is 1. The number of carbonyl (C=O) groups is 1. The molecule has 2 rings (SSSR count). The van der Waals surface area contributed by atoms with E-state index in [0.717, 1.165) is 5.56 Å². The lowest BCUT2D eigenvalue weighted by molar-refractivity contribution is -0.105. The summed E-state index contributed by atoms with van der Waals surface area (Å²) in [4.78, 5) is 10.7. The second-order valence-electron chi connectivity index (χ2n) is 2.83. The lowest BCUT2D eigenvalue weighted by Gasteiger charge is -2.01. The van der Waals surface area contributed by atoms with Crippen molar-refractivity contribution in [3.63, 3.8) is 0 Å². The Balaban J connectivity index is 2.43. The van der Waals surface area contributed by atoms with E-state index in [1.807, 2.05) is 30.3 Å². The first-order valence-electron chi connectivity index (χ1n) is 4.14. The number of carbonyl (C=O) groups excluding carboxylic acids is 1. The van der Waals surface area contributed by atoms with Gasteiger partial charge in [-0.3, -0.25) is 4.79 Å². The van der Waals surface area contributed by atoms with Gasteiger partial charge in [0.1, 0.15) is 5.70 Å². The molecule has 0 amide bonds. The third-order valence-electron chi connectivity index (χ3n) is 1.96. The molecule has 1 aromatic carbocycles. The van der Waals surface area contributed by atoms with E-state index in [1.165, 1.54) is 4.42 Å². The second-order valence-corrected chi connectivity index (χ2v) is 3.24. The van der Waals surface area contributed by atoms with Gasteiger partial charge in [-0.2, -0.15) is 0 Å². The van der Waals surface area contributed by atoms with Crippen LogP contribution in [-0.4, -0.2) is 17.4 Å². The zero-order valence-electron chi connectivity index (χ0n) is 7.31. The van der Waals surface area contributed by atoms with Crippen LogP contribution in [0.1, 0.15) is 5.56 Å². The van der Waals surface area contributed by atoms with Crippen LogP contribution < -0.4 is 0 Å². The lowest BCUT2D eigenvalue weighted by atomic mass is 10.1. The molecule has 0 N–H and O–H groups in total.